The maximum Gasteiger partial charge on any atom is 0.119 e. The molecule has 0 fully saturated rings. The van der Waals surface area contributed by atoms with Crippen LogP contribution >= 0.6 is 69.6 Å². The van der Waals surface area contributed by atoms with Crippen LogP contribution in [-0.2, 0) is 9.75 Å². The largest absolute Gasteiger partial charge is 0.119 e. The molecule has 0 spiro atoms. The Balaban J connectivity index is 1.75. The van der Waals surface area contributed by atoms with E-state index in [2.05, 4.69) is 0 Å². The van der Waals surface area contributed by atoms with Crippen molar-refractivity contribution < 1.29 is 0 Å². The molecule has 0 heterocycles. The summed E-state index contributed by atoms with van der Waals surface area (Å²) in [4.78, 5) is -2.11. The Bertz CT molecular complexity index is 1510. The molecule has 1 atom stereocenters. The summed E-state index contributed by atoms with van der Waals surface area (Å²) < 4.78 is 0. The van der Waals surface area contributed by atoms with E-state index in [1.807, 2.05) is 121 Å². The van der Waals surface area contributed by atoms with Gasteiger partial charge < -0.3 is 0 Å². The van der Waals surface area contributed by atoms with Crippen molar-refractivity contribution in [2.45, 2.75) is 9.75 Å². The van der Waals surface area contributed by atoms with Gasteiger partial charge in [-0.05, 0) is 81.9 Å². The van der Waals surface area contributed by atoms with Crippen LogP contribution in [0.15, 0.2) is 121 Å². The van der Waals surface area contributed by atoms with E-state index < -0.39 is 9.75 Å². The van der Waals surface area contributed by atoms with E-state index in [9.17, 15) is 0 Å². The molecule has 0 amide bonds. The summed E-state index contributed by atoms with van der Waals surface area (Å²) in [6, 6.07) is 38.1. The molecule has 190 valence electrons. The summed E-state index contributed by atoms with van der Waals surface area (Å²) in [5.41, 5.74) is 5.05. The van der Waals surface area contributed by atoms with Crippen LogP contribution in [0.3, 0.4) is 0 Å². The molecule has 0 aliphatic heterocycles. The smallest absolute Gasteiger partial charge is 0.104 e. The molecule has 0 saturated heterocycles. The van der Waals surface area contributed by atoms with Crippen molar-refractivity contribution >= 4 is 69.6 Å². The van der Waals surface area contributed by atoms with Gasteiger partial charge in [0.2, 0.25) is 0 Å². The minimum absolute atomic E-state index is 0.590. The van der Waals surface area contributed by atoms with Gasteiger partial charge in [-0.2, -0.15) is 0 Å². The van der Waals surface area contributed by atoms with Gasteiger partial charge >= 0.3 is 0 Å². The molecule has 1 unspecified atom stereocenters. The first-order chi connectivity index (χ1) is 18.2. The molecule has 0 bridgehead atoms. The third kappa shape index (κ3) is 5.19. The molecule has 5 rings (SSSR count). The topological polar surface area (TPSA) is 0 Å². The molecule has 6 heteroatoms. The summed E-state index contributed by atoms with van der Waals surface area (Å²) in [5, 5.41) is 2.46. The summed E-state index contributed by atoms with van der Waals surface area (Å²) in [6.07, 6.45) is 0. The molecule has 0 aliphatic carbocycles. The van der Waals surface area contributed by atoms with Crippen LogP contribution in [-0.4, -0.2) is 0 Å². The van der Waals surface area contributed by atoms with Gasteiger partial charge in [-0.25, -0.2) is 0 Å². The average Bonchev–Trinajstić information content (AvgIpc) is 2.93. The highest BCUT2D eigenvalue weighted by Gasteiger charge is 2.38. The van der Waals surface area contributed by atoms with E-state index in [0.29, 0.717) is 20.1 Å². The molecule has 0 radical (unpaired) electrons. The zero-order valence-electron chi connectivity index (χ0n) is 19.8. The highest BCUT2D eigenvalue weighted by molar-refractivity contribution is 6.33. The van der Waals surface area contributed by atoms with Crippen molar-refractivity contribution in [1.29, 1.82) is 0 Å². The SMILES string of the molecule is Clc1ccc(C(Cl)(c2ccc(Cl)cc2)c2cccc(C(Cl)(c3ccc(Cl)cc3)c3cccc(Cl)c3)c2)cc1. The van der Waals surface area contributed by atoms with Gasteiger partial charge in [0.1, 0.15) is 9.75 Å². The lowest BCUT2D eigenvalue weighted by molar-refractivity contribution is 0.845. The number of hydrogen-bond acceptors (Lipinski definition) is 0. The van der Waals surface area contributed by atoms with E-state index in [1.54, 1.807) is 0 Å². The lowest BCUT2D eigenvalue weighted by Gasteiger charge is -2.33. The molecule has 0 aromatic heterocycles. The molecule has 38 heavy (non-hydrogen) atoms. The van der Waals surface area contributed by atoms with Crippen molar-refractivity contribution in [3.63, 3.8) is 0 Å². The van der Waals surface area contributed by atoms with E-state index >= 15 is 0 Å². The van der Waals surface area contributed by atoms with E-state index in [-0.39, 0.29) is 0 Å². The second-order valence-electron chi connectivity index (χ2n) is 8.93. The Hall–Kier alpha value is -2.16. The van der Waals surface area contributed by atoms with Crippen LogP contribution in [0.2, 0.25) is 20.1 Å². The van der Waals surface area contributed by atoms with Gasteiger partial charge in [-0.3, -0.25) is 0 Å². The number of halogens is 6. The van der Waals surface area contributed by atoms with Crippen LogP contribution in [0.4, 0.5) is 0 Å². The molecule has 0 nitrogen and oxygen atoms in total. The second kappa shape index (κ2) is 11.1. The molecule has 0 aliphatic rings. The predicted molar refractivity (Wildman–Crippen MR) is 164 cm³/mol. The first kappa shape index (κ1) is 27.4. The Morgan fingerprint density at radius 3 is 1.00 bits per heavy atom. The van der Waals surface area contributed by atoms with Crippen molar-refractivity contribution in [2.75, 3.05) is 0 Å². The fraction of sp³-hybridized carbons (Fsp3) is 0.0625. The molecular weight excluding hydrogens is 597 g/mol. The van der Waals surface area contributed by atoms with E-state index in [4.69, 9.17) is 69.6 Å². The van der Waals surface area contributed by atoms with Gasteiger partial charge in [0.05, 0.1) is 0 Å². The highest BCUT2D eigenvalue weighted by Crippen LogP contribution is 2.48. The Morgan fingerprint density at radius 2 is 0.632 bits per heavy atom. The molecule has 0 saturated carbocycles. The normalized spacial score (nSPS) is 13.2. The summed E-state index contributed by atoms with van der Waals surface area (Å²) in [6.45, 7) is 0. The monoisotopic (exact) mass is 614 g/mol. The number of hydrogen-bond donors (Lipinski definition) is 0. The van der Waals surface area contributed by atoms with E-state index in [1.165, 1.54) is 0 Å². The first-order valence-corrected chi connectivity index (χ1v) is 14.0. The fourth-order valence-corrected chi connectivity index (χ4v) is 5.99. The third-order valence-corrected chi connectivity index (χ3v) is 8.91. The zero-order chi connectivity index (χ0) is 26.9. The second-order valence-corrected chi connectivity index (χ2v) is 11.8. The van der Waals surface area contributed by atoms with Gasteiger partial charge in [-0.15, -0.1) is 23.2 Å². The van der Waals surface area contributed by atoms with Crippen LogP contribution in [0.1, 0.15) is 33.4 Å². The Kier molecular flexibility index (Phi) is 8.04. The number of benzene rings is 5. The Labute approximate surface area is 252 Å². The van der Waals surface area contributed by atoms with Crippen LogP contribution in [0, 0.1) is 0 Å². The molecule has 5 aromatic carbocycles. The average molecular weight is 617 g/mol. The van der Waals surface area contributed by atoms with Crippen molar-refractivity contribution in [3.8, 4) is 0 Å². The summed E-state index contributed by atoms with van der Waals surface area (Å²) in [7, 11) is 0. The summed E-state index contributed by atoms with van der Waals surface area (Å²) >= 11 is 40.3. The number of rotatable bonds is 6. The van der Waals surface area contributed by atoms with Crippen LogP contribution < -0.4 is 0 Å². The lowest BCUT2D eigenvalue weighted by Crippen LogP contribution is -2.26. The maximum atomic E-state index is 7.62. The molecular formula is C32H20Cl6. The third-order valence-electron chi connectivity index (χ3n) is 6.61. The minimum Gasteiger partial charge on any atom is -0.104 e. The van der Waals surface area contributed by atoms with Crippen LogP contribution in [0.25, 0.3) is 0 Å². The van der Waals surface area contributed by atoms with Crippen LogP contribution in [0.5, 0.6) is 0 Å². The zero-order valence-corrected chi connectivity index (χ0v) is 24.4. The molecule has 5 aromatic rings. The van der Waals surface area contributed by atoms with Gasteiger partial charge in [-0.1, -0.05) is 119 Å². The van der Waals surface area contributed by atoms with Gasteiger partial charge in [0.15, 0.2) is 0 Å². The fourth-order valence-electron chi connectivity index (χ4n) is 4.69. The van der Waals surface area contributed by atoms with Crippen molar-refractivity contribution in [1.82, 2.24) is 0 Å². The van der Waals surface area contributed by atoms with Gasteiger partial charge in [0, 0.05) is 20.1 Å². The number of alkyl halides is 2. The lowest BCUT2D eigenvalue weighted by atomic mass is 9.79. The Morgan fingerprint density at radius 1 is 0.316 bits per heavy atom. The van der Waals surface area contributed by atoms with Gasteiger partial charge in [0.25, 0.3) is 0 Å². The van der Waals surface area contributed by atoms with E-state index in [0.717, 1.165) is 33.4 Å². The summed E-state index contributed by atoms with van der Waals surface area (Å²) in [5.74, 6) is 0. The predicted octanol–water partition coefficient (Wildman–Crippen LogP) is 11.4. The minimum atomic E-state index is -1.07. The first-order valence-electron chi connectivity index (χ1n) is 11.7. The molecule has 0 N–H and O–H groups in total. The maximum absolute atomic E-state index is 7.62. The highest BCUT2D eigenvalue weighted by atomic mass is 35.5. The standard InChI is InChI=1S/C32H20Cl6/c33-27-13-7-21(8-14-27)31(37,22-9-15-28(34)16-10-22)24-3-1-4-25(19-24)32(38,23-11-17-29(35)18-12-23)26-5-2-6-30(36)20-26/h1-20H. The quantitative estimate of drug-likeness (QED) is 0.131. The van der Waals surface area contributed by atoms with Crippen molar-refractivity contribution in [3.05, 3.63) is 175 Å². The van der Waals surface area contributed by atoms with Crippen molar-refractivity contribution in [2.24, 2.45) is 0 Å².